The molecular weight excluding hydrogens is 362 g/mol. The first-order valence-corrected chi connectivity index (χ1v) is 10.7. The van der Waals surface area contributed by atoms with Gasteiger partial charge in [-0.15, -0.1) is 0 Å². The second-order valence-corrected chi connectivity index (χ2v) is 9.08. The molecule has 0 atom stereocenters. The summed E-state index contributed by atoms with van der Waals surface area (Å²) in [7, 11) is -3.52. The van der Waals surface area contributed by atoms with Gasteiger partial charge in [0.1, 0.15) is 5.69 Å². The summed E-state index contributed by atoms with van der Waals surface area (Å²) in [6, 6.07) is 10.8. The third-order valence-electron chi connectivity index (χ3n) is 5.34. The molecule has 0 bridgehead atoms. The maximum atomic E-state index is 13.0. The first-order valence-electron chi connectivity index (χ1n) is 9.30. The van der Waals surface area contributed by atoms with Gasteiger partial charge in [0.05, 0.1) is 4.90 Å². The number of aryl methyl sites for hydroxylation is 3. The Bertz CT molecular complexity index is 980. The molecule has 7 heteroatoms. The maximum Gasteiger partial charge on any atom is 0.272 e. The molecule has 1 aromatic heterocycles. The number of piperazine rings is 1. The third kappa shape index (κ3) is 3.49. The Kier molecular flexibility index (Phi) is 4.74. The molecule has 2 aliphatic rings. The lowest BCUT2D eigenvalue weighted by Gasteiger charge is -2.34. The second-order valence-electron chi connectivity index (χ2n) is 7.14. The molecule has 2 heterocycles. The summed E-state index contributed by atoms with van der Waals surface area (Å²) in [5.41, 5.74) is 3.61. The predicted octanol–water partition coefficient (Wildman–Crippen LogP) is 2.03. The van der Waals surface area contributed by atoms with Crippen LogP contribution in [0.15, 0.2) is 41.3 Å². The van der Waals surface area contributed by atoms with Gasteiger partial charge in [-0.05, 0) is 61.6 Å². The quantitative estimate of drug-likeness (QED) is 0.811. The Morgan fingerprint density at radius 3 is 2.48 bits per heavy atom. The van der Waals surface area contributed by atoms with E-state index >= 15 is 0 Å². The van der Waals surface area contributed by atoms with Crippen LogP contribution in [-0.2, 0) is 22.9 Å². The smallest absolute Gasteiger partial charge is 0.272 e. The molecule has 0 N–H and O–H groups in total. The fraction of sp³-hybridized carbons (Fsp3) is 0.400. The number of aromatic nitrogens is 1. The highest BCUT2D eigenvalue weighted by Crippen LogP contribution is 2.26. The summed E-state index contributed by atoms with van der Waals surface area (Å²) >= 11 is 0. The minimum Gasteiger partial charge on any atom is -0.335 e. The third-order valence-corrected chi connectivity index (χ3v) is 7.24. The minimum absolute atomic E-state index is 0.145. The number of rotatable bonds is 3. The van der Waals surface area contributed by atoms with Crippen molar-refractivity contribution >= 4 is 15.9 Å². The van der Waals surface area contributed by atoms with Gasteiger partial charge in [-0.2, -0.15) is 4.31 Å². The zero-order valence-corrected chi connectivity index (χ0v) is 16.2. The number of sulfonamides is 1. The average Bonchev–Trinajstić information content (AvgIpc) is 3.15. The van der Waals surface area contributed by atoms with E-state index in [0.717, 1.165) is 30.5 Å². The molecular formula is C20H23N3O3S. The van der Waals surface area contributed by atoms with E-state index in [1.54, 1.807) is 17.0 Å². The standard InChI is InChI=1S/C20H23N3O3S/c1-15-4-2-7-19(21-15)20(24)22-10-12-23(13-11-22)27(25,26)18-9-8-16-5-3-6-17(16)14-18/h2,4,7-9,14H,3,5-6,10-13H2,1H3. The molecule has 142 valence electrons. The Hall–Kier alpha value is -2.25. The average molecular weight is 385 g/mol. The van der Waals surface area contributed by atoms with E-state index < -0.39 is 10.0 Å². The SMILES string of the molecule is Cc1cccc(C(=O)N2CCN(S(=O)(=O)c3ccc4c(c3)CCC4)CC2)n1. The van der Waals surface area contributed by atoms with Crippen molar-refractivity contribution in [2.75, 3.05) is 26.2 Å². The fourth-order valence-corrected chi connectivity index (χ4v) is 5.29. The Morgan fingerprint density at radius 2 is 1.74 bits per heavy atom. The summed E-state index contributed by atoms with van der Waals surface area (Å²) in [5, 5.41) is 0. The Morgan fingerprint density at radius 1 is 1.00 bits per heavy atom. The molecule has 1 amide bonds. The largest absolute Gasteiger partial charge is 0.335 e. The summed E-state index contributed by atoms with van der Waals surface area (Å²) in [6.45, 7) is 3.20. The molecule has 1 saturated heterocycles. The summed E-state index contributed by atoms with van der Waals surface area (Å²) < 4.78 is 27.5. The van der Waals surface area contributed by atoms with Crippen LogP contribution in [0.4, 0.5) is 0 Å². The molecule has 0 radical (unpaired) electrons. The van der Waals surface area contributed by atoms with Crippen molar-refractivity contribution in [1.29, 1.82) is 0 Å². The molecule has 1 aliphatic carbocycles. The minimum atomic E-state index is -3.52. The molecule has 27 heavy (non-hydrogen) atoms. The lowest BCUT2D eigenvalue weighted by molar-refractivity contribution is 0.0691. The van der Waals surface area contributed by atoms with Crippen molar-refractivity contribution in [2.24, 2.45) is 0 Å². The topological polar surface area (TPSA) is 70.6 Å². The highest BCUT2D eigenvalue weighted by Gasteiger charge is 2.31. The number of hydrogen-bond donors (Lipinski definition) is 0. The Labute approximate surface area is 159 Å². The molecule has 6 nitrogen and oxygen atoms in total. The van der Waals surface area contributed by atoms with E-state index in [4.69, 9.17) is 0 Å². The first-order chi connectivity index (χ1) is 12.9. The second kappa shape index (κ2) is 7.05. The summed E-state index contributed by atoms with van der Waals surface area (Å²) in [5.74, 6) is -0.145. The first kappa shape index (κ1) is 18.1. The lowest BCUT2D eigenvalue weighted by Crippen LogP contribution is -2.50. The van der Waals surface area contributed by atoms with Gasteiger partial charge < -0.3 is 4.90 Å². The van der Waals surface area contributed by atoms with Crippen LogP contribution in [0.1, 0.15) is 33.7 Å². The number of carbonyl (C=O) groups excluding carboxylic acids is 1. The van der Waals surface area contributed by atoms with Crippen molar-refractivity contribution in [3.63, 3.8) is 0 Å². The maximum absolute atomic E-state index is 13.0. The van der Waals surface area contributed by atoms with E-state index in [-0.39, 0.29) is 5.91 Å². The molecule has 2 aromatic rings. The highest BCUT2D eigenvalue weighted by atomic mass is 32.2. The van der Waals surface area contributed by atoms with Gasteiger partial charge in [0.25, 0.3) is 5.91 Å². The number of pyridine rings is 1. The van der Waals surface area contributed by atoms with Crippen molar-refractivity contribution in [3.8, 4) is 0 Å². The van der Waals surface area contributed by atoms with Crippen LogP contribution in [0.2, 0.25) is 0 Å². The van der Waals surface area contributed by atoms with Crippen LogP contribution in [-0.4, -0.2) is 54.7 Å². The molecule has 0 spiro atoms. The summed E-state index contributed by atoms with van der Waals surface area (Å²) in [4.78, 5) is 18.9. The fourth-order valence-electron chi connectivity index (χ4n) is 3.81. The van der Waals surface area contributed by atoms with Crippen LogP contribution in [0, 0.1) is 6.92 Å². The Balaban J connectivity index is 1.46. The van der Waals surface area contributed by atoms with Crippen LogP contribution >= 0.6 is 0 Å². The van der Waals surface area contributed by atoms with Crippen LogP contribution in [0.25, 0.3) is 0 Å². The van der Waals surface area contributed by atoms with E-state index in [1.165, 1.54) is 9.87 Å². The molecule has 1 fully saturated rings. The monoisotopic (exact) mass is 385 g/mol. The van der Waals surface area contributed by atoms with Gasteiger partial charge in [-0.1, -0.05) is 12.1 Å². The van der Waals surface area contributed by atoms with Crippen LogP contribution in [0.5, 0.6) is 0 Å². The number of amides is 1. The van der Waals surface area contributed by atoms with Gasteiger partial charge in [0.15, 0.2) is 0 Å². The lowest BCUT2D eigenvalue weighted by atomic mass is 10.1. The van der Waals surface area contributed by atoms with E-state index in [2.05, 4.69) is 4.98 Å². The van der Waals surface area contributed by atoms with Gasteiger partial charge >= 0.3 is 0 Å². The molecule has 0 saturated carbocycles. The van der Waals surface area contributed by atoms with E-state index in [1.807, 2.05) is 31.2 Å². The summed E-state index contributed by atoms with van der Waals surface area (Å²) in [6.07, 6.45) is 3.07. The highest BCUT2D eigenvalue weighted by molar-refractivity contribution is 7.89. The number of fused-ring (bicyclic) bond motifs is 1. The number of carbonyl (C=O) groups is 1. The normalized spacial score (nSPS) is 17.7. The van der Waals surface area contributed by atoms with Crippen molar-refractivity contribution in [3.05, 3.63) is 58.9 Å². The molecule has 0 unspecified atom stereocenters. The van der Waals surface area contributed by atoms with Gasteiger partial charge in [-0.25, -0.2) is 13.4 Å². The van der Waals surface area contributed by atoms with Crippen LogP contribution in [0.3, 0.4) is 0 Å². The number of benzene rings is 1. The van der Waals surface area contributed by atoms with E-state index in [9.17, 15) is 13.2 Å². The zero-order valence-electron chi connectivity index (χ0n) is 15.4. The predicted molar refractivity (Wildman–Crippen MR) is 102 cm³/mol. The van der Waals surface area contributed by atoms with Crippen molar-refractivity contribution < 1.29 is 13.2 Å². The van der Waals surface area contributed by atoms with Crippen LogP contribution < -0.4 is 0 Å². The molecule has 1 aromatic carbocycles. The molecule has 4 rings (SSSR count). The van der Waals surface area contributed by atoms with Gasteiger partial charge in [0.2, 0.25) is 10.0 Å². The van der Waals surface area contributed by atoms with Crippen molar-refractivity contribution in [2.45, 2.75) is 31.1 Å². The number of hydrogen-bond acceptors (Lipinski definition) is 4. The molecule has 1 aliphatic heterocycles. The van der Waals surface area contributed by atoms with Crippen molar-refractivity contribution in [1.82, 2.24) is 14.2 Å². The van der Waals surface area contributed by atoms with E-state index in [0.29, 0.717) is 36.8 Å². The van der Waals surface area contributed by atoms with Gasteiger partial charge in [0, 0.05) is 31.9 Å². The number of nitrogens with zero attached hydrogens (tertiary/aromatic N) is 3. The zero-order chi connectivity index (χ0) is 19.0. The van der Waals surface area contributed by atoms with Gasteiger partial charge in [-0.3, -0.25) is 4.79 Å².